The van der Waals surface area contributed by atoms with E-state index in [1.165, 1.54) is 0 Å². The van der Waals surface area contributed by atoms with Crippen molar-refractivity contribution in [3.8, 4) is 0 Å². The van der Waals surface area contributed by atoms with Gasteiger partial charge in [0.25, 0.3) is 5.76 Å². The zero-order valence-corrected chi connectivity index (χ0v) is 8.57. The number of cyclic esters (lactones) is 1. The van der Waals surface area contributed by atoms with E-state index >= 15 is 0 Å². The van der Waals surface area contributed by atoms with Crippen molar-refractivity contribution in [2.45, 2.75) is 27.1 Å². The van der Waals surface area contributed by atoms with Crippen molar-refractivity contribution in [3.63, 3.8) is 0 Å². The lowest BCUT2D eigenvalue weighted by Gasteiger charge is -2.13. The Morgan fingerprint density at radius 1 is 1.39 bits per heavy atom. The van der Waals surface area contributed by atoms with E-state index in [4.69, 9.17) is 20.0 Å². The summed E-state index contributed by atoms with van der Waals surface area (Å²) in [6, 6.07) is 0. The number of hydrogen-bond acceptors (Lipinski definition) is 7. The number of hydrogen-bond donors (Lipinski definition) is 5. The predicted octanol–water partition coefficient (Wildman–Crippen LogP) is -0.584. The first-order valence-electron chi connectivity index (χ1n) is 3.94. The maximum Gasteiger partial charge on any atom is 0.525 e. The van der Waals surface area contributed by atoms with Crippen LogP contribution in [0.5, 0.6) is 0 Å². The highest BCUT2D eigenvalue weighted by Crippen LogP contribution is 2.42. The van der Waals surface area contributed by atoms with E-state index in [9.17, 15) is 14.5 Å². The molecule has 0 saturated carbocycles. The zero-order valence-electron chi connectivity index (χ0n) is 7.68. The highest BCUT2D eigenvalue weighted by Gasteiger charge is 2.42. The fourth-order valence-corrected chi connectivity index (χ4v) is 1.42. The number of phosphoric ester groups is 1. The standard InChI is InChI=1S/C6H9O9P.2CH4/c7-1-2(8)4-3(9)5(6(10)14-4)15-16(11,12)13;;/h2,4,7-9H,1H2,(H2,11,12,13);2*1H4/t2-,4+;;/m0../s1. The largest absolute Gasteiger partial charge is 0.525 e. The molecule has 0 aromatic heterocycles. The van der Waals surface area contributed by atoms with E-state index in [1.807, 2.05) is 0 Å². The van der Waals surface area contributed by atoms with Crippen LogP contribution in [0.15, 0.2) is 11.5 Å². The van der Waals surface area contributed by atoms with E-state index in [1.54, 1.807) is 0 Å². The molecule has 10 heteroatoms. The molecule has 0 aromatic carbocycles. The molecule has 1 aliphatic heterocycles. The molecule has 18 heavy (non-hydrogen) atoms. The minimum absolute atomic E-state index is 0. The third-order valence-electron chi connectivity index (χ3n) is 1.67. The van der Waals surface area contributed by atoms with Crippen LogP contribution < -0.4 is 0 Å². The molecule has 108 valence electrons. The van der Waals surface area contributed by atoms with Crippen molar-refractivity contribution in [1.29, 1.82) is 0 Å². The van der Waals surface area contributed by atoms with Crippen LogP contribution in [0.1, 0.15) is 14.9 Å². The summed E-state index contributed by atoms with van der Waals surface area (Å²) in [6.45, 7) is -0.814. The number of aliphatic hydroxyl groups is 3. The molecule has 0 aliphatic carbocycles. The van der Waals surface area contributed by atoms with Gasteiger partial charge in [-0.1, -0.05) is 14.9 Å². The SMILES string of the molecule is C.C.O=C1O[C@H]([C@@H](O)CO)C(O)=C1OP(=O)(O)O. The highest BCUT2D eigenvalue weighted by molar-refractivity contribution is 7.46. The second-order valence-electron chi connectivity index (χ2n) is 2.87. The van der Waals surface area contributed by atoms with Gasteiger partial charge in [0, 0.05) is 0 Å². The summed E-state index contributed by atoms with van der Waals surface area (Å²) < 4.78 is 18.7. The molecule has 1 rings (SSSR count). The number of esters is 1. The average molecular weight is 288 g/mol. The third-order valence-corrected chi connectivity index (χ3v) is 2.09. The van der Waals surface area contributed by atoms with Crippen LogP contribution in [-0.2, 0) is 18.6 Å². The van der Waals surface area contributed by atoms with Crippen molar-refractivity contribution >= 4 is 13.8 Å². The Morgan fingerprint density at radius 2 is 1.89 bits per heavy atom. The lowest BCUT2D eigenvalue weighted by molar-refractivity contribution is -0.147. The zero-order chi connectivity index (χ0) is 12.5. The Labute approximate surface area is 104 Å². The van der Waals surface area contributed by atoms with Gasteiger partial charge in [0.05, 0.1) is 6.61 Å². The molecule has 0 fully saturated rings. The molecule has 9 nitrogen and oxygen atoms in total. The molecule has 1 heterocycles. The van der Waals surface area contributed by atoms with Crippen LogP contribution in [0.3, 0.4) is 0 Å². The minimum Gasteiger partial charge on any atom is -0.505 e. The fraction of sp³-hybridized carbons (Fsp3) is 0.625. The van der Waals surface area contributed by atoms with Crippen LogP contribution in [0, 0.1) is 0 Å². The van der Waals surface area contributed by atoms with Gasteiger partial charge in [-0.3, -0.25) is 9.79 Å². The van der Waals surface area contributed by atoms with E-state index in [-0.39, 0.29) is 14.9 Å². The number of carbonyl (C=O) groups excluding carboxylic acids is 1. The van der Waals surface area contributed by atoms with Crippen LogP contribution in [0.2, 0.25) is 0 Å². The van der Waals surface area contributed by atoms with Gasteiger partial charge in [-0.25, -0.2) is 9.36 Å². The molecule has 2 atom stereocenters. The topological polar surface area (TPSA) is 154 Å². The van der Waals surface area contributed by atoms with Gasteiger partial charge < -0.3 is 24.6 Å². The van der Waals surface area contributed by atoms with Gasteiger partial charge in [-0.2, -0.15) is 0 Å². The number of aliphatic hydroxyl groups excluding tert-OH is 3. The van der Waals surface area contributed by atoms with E-state index in [0.717, 1.165) is 0 Å². The van der Waals surface area contributed by atoms with Gasteiger partial charge in [-0.05, 0) is 0 Å². The Morgan fingerprint density at radius 3 is 2.28 bits per heavy atom. The molecule has 0 amide bonds. The van der Waals surface area contributed by atoms with Crippen LogP contribution in [0.4, 0.5) is 0 Å². The summed E-state index contributed by atoms with van der Waals surface area (Å²) in [4.78, 5) is 27.8. The maximum absolute atomic E-state index is 11.0. The summed E-state index contributed by atoms with van der Waals surface area (Å²) in [6.07, 6.45) is -3.21. The van der Waals surface area contributed by atoms with Crippen molar-refractivity contribution in [2.75, 3.05) is 6.61 Å². The highest BCUT2D eigenvalue weighted by atomic mass is 31.2. The van der Waals surface area contributed by atoms with Gasteiger partial charge in [0.1, 0.15) is 6.10 Å². The van der Waals surface area contributed by atoms with E-state index in [2.05, 4.69) is 9.26 Å². The normalized spacial score (nSPS) is 20.7. The molecular weight excluding hydrogens is 271 g/mol. The van der Waals surface area contributed by atoms with E-state index in [0.29, 0.717) is 0 Å². The number of ether oxygens (including phenoxy) is 1. The maximum atomic E-state index is 11.0. The van der Waals surface area contributed by atoms with Crippen molar-refractivity contribution < 1.29 is 43.7 Å². The van der Waals surface area contributed by atoms with Crippen molar-refractivity contribution in [1.82, 2.24) is 0 Å². The minimum atomic E-state index is -5.02. The summed E-state index contributed by atoms with van der Waals surface area (Å²) in [5.41, 5.74) is 0. The summed E-state index contributed by atoms with van der Waals surface area (Å²) in [5, 5.41) is 26.9. The van der Waals surface area contributed by atoms with E-state index < -0.39 is 44.1 Å². The molecule has 0 spiro atoms. The molecule has 0 saturated heterocycles. The summed E-state index contributed by atoms with van der Waals surface area (Å²) in [5.74, 6) is -3.39. The Bertz CT molecular complexity index is 371. The van der Waals surface area contributed by atoms with Gasteiger partial charge >= 0.3 is 13.8 Å². The third kappa shape index (κ3) is 4.28. The lowest BCUT2D eigenvalue weighted by atomic mass is 10.2. The van der Waals surface area contributed by atoms with Crippen LogP contribution in [0.25, 0.3) is 0 Å². The van der Waals surface area contributed by atoms with Gasteiger partial charge in [0.15, 0.2) is 11.9 Å². The predicted molar refractivity (Wildman–Crippen MR) is 59.2 cm³/mol. The molecular formula is C8H17O9P. The van der Waals surface area contributed by atoms with Crippen molar-refractivity contribution in [3.05, 3.63) is 11.5 Å². The molecule has 0 aromatic rings. The summed E-state index contributed by atoms with van der Waals surface area (Å²) in [7, 11) is -5.02. The molecule has 1 aliphatic rings. The Balaban J connectivity index is 0. The second kappa shape index (κ2) is 6.72. The lowest BCUT2D eigenvalue weighted by Crippen LogP contribution is -2.31. The quantitative estimate of drug-likeness (QED) is 0.337. The molecule has 0 unspecified atom stereocenters. The van der Waals surface area contributed by atoms with Crippen LogP contribution in [-0.4, -0.2) is 49.9 Å². The van der Waals surface area contributed by atoms with Gasteiger partial charge in [0.2, 0.25) is 0 Å². The van der Waals surface area contributed by atoms with Crippen LogP contribution >= 0.6 is 7.82 Å². The average Bonchev–Trinajstić information content (AvgIpc) is 2.42. The monoisotopic (exact) mass is 288 g/mol. The second-order valence-corrected chi connectivity index (χ2v) is 4.04. The number of carbonyl (C=O) groups is 1. The smallest absolute Gasteiger partial charge is 0.505 e. The molecule has 5 N–H and O–H groups in total. The van der Waals surface area contributed by atoms with Crippen molar-refractivity contribution in [2.24, 2.45) is 0 Å². The molecule has 0 bridgehead atoms. The first kappa shape index (κ1) is 19.2. The number of rotatable bonds is 4. The number of phosphoric acid groups is 1. The Hall–Kier alpha value is -1.12. The first-order valence-corrected chi connectivity index (χ1v) is 5.47. The Kier molecular flexibility index (Phi) is 7.17. The summed E-state index contributed by atoms with van der Waals surface area (Å²) >= 11 is 0. The molecule has 0 radical (unpaired) electrons. The van der Waals surface area contributed by atoms with Gasteiger partial charge in [-0.15, -0.1) is 0 Å². The fourth-order valence-electron chi connectivity index (χ4n) is 1.02. The first-order chi connectivity index (χ1) is 7.26.